The number of amides is 2. The summed E-state index contributed by atoms with van der Waals surface area (Å²) in [5.41, 5.74) is 1.07. The van der Waals surface area contributed by atoms with E-state index in [0.717, 1.165) is 0 Å². The number of pyridine rings is 2. The molecule has 1 aliphatic heterocycles. The molecule has 13 nitrogen and oxygen atoms in total. The number of aromatic nitrogens is 2. The van der Waals surface area contributed by atoms with Crippen molar-refractivity contribution in [1.29, 1.82) is 0 Å². The third-order valence-electron chi connectivity index (χ3n) is 7.08. The number of fused-ring (bicyclic) bond motifs is 2. The van der Waals surface area contributed by atoms with E-state index in [1.165, 1.54) is 23.8 Å². The van der Waals surface area contributed by atoms with Crippen LogP contribution in [0, 0.1) is 0 Å². The highest BCUT2D eigenvalue weighted by Crippen LogP contribution is 2.24. The van der Waals surface area contributed by atoms with E-state index in [1.807, 2.05) is 6.92 Å². The lowest BCUT2D eigenvalue weighted by molar-refractivity contribution is -0.108. The topological polar surface area (TPSA) is 156 Å². The average Bonchev–Trinajstić information content (AvgIpc) is 3.57. The zero-order valence-electron chi connectivity index (χ0n) is 25.6. The Morgan fingerprint density at radius 2 is 1.27 bits per heavy atom. The molecular formula is C32H36N4O9. The van der Waals surface area contributed by atoms with Crippen LogP contribution in [0.3, 0.4) is 0 Å². The van der Waals surface area contributed by atoms with Gasteiger partial charge in [-0.1, -0.05) is 0 Å². The van der Waals surface area contributed by atoms with Crippen LogP contribution in [0.4, 0.5) is 0 Å². The number of methoxy groups -OCH3 is 2. The predicted molar refractivity (Wildman–Crippen MR) is 167 cm³/mol. The summed E-state index contributed by atoms with van der Waals surface area (Å²) in [6.07, 6.45) is 0.180. The second-order valence-electron chi connectivity index (χ2n) is 9.84. The first-order valence-corrected chi connectivity index (χ1v) is 14.4. The number of aldehydes is 1. The molecule has 0 atom stereocenters. The zero-order chi connectivity index (χ0) is 32.5. The smallest absolute Gasteiger partial charge is 0.252 e. The fourth-order valence-electron chi connectivity index (χ4n) is 4.97. The third kappa shape index (κ3) is 7.39. The molecular weight excluding hydrogens is 584 g/mol. The van der Waals surface area contributed by atoms with Crippen molar-refractivity contribution in [3.8, 4) is 11.5 Å². The van der Waals surface area contributed by atoms with Crippen LogP contribution >= 0.6 is 0 Å². The molecule has 0 saturated carbocycles. The number of nitrogens with one attached hydrogen (secondary N) is 2. The molecule has 13 heteroatoms. The fourth-order valence-corrected chi connectivity index (χ4v) is 4.97. The molecule has 2 amide bonds. The summed E-state index contributed by atoms with van der Waals surface area (Å²) in [6, 6.07) is 13.0. The van der Waals surface area contributed by atoms with Gasteiger partial charge in [0.1, 0.15) is 17.8 Å². The molecule has 238 valence electrons. The molecule has 1 aliphatic rings. The van der Waals surface area contributed by atoms with Crippen molar-refractivity contribution in [2.45, 2.75) is 33.2 Å². The molecule has 2 N–H and O–H groups in total. The molecule has 5 rings (SSSR count). The van der Waals surface area contributed by atoms with Gasteiger partial charge in [-0.15, -0.1) is 0 Å². The molecule has 2 aromatic heterocycles. The van der Waals surface area contributed by atoms with Crippen LogP contribution in [0.1, 0.15) is 34.6 Å². The van der Waals surface area contributed by atoms with Gasteiger partial charge in [-0.3, -0.25) is 19.2 Å². The van der Waals surface area contributed by atoms with Crippen LogP contribution in [0.5, 0.6) is 11.5 Å². The normalized spacial score (nSPS) is 12.8. The van der Waals surface area contributed by atoms with E-state index in [4.69, 9.17) is 18.9 Å². The van der Waals surface area contributed by atoms with Crippen molar-refractivity contribution < 1.29 is 33.3 Å². The lowest BCUT2D eigenvalue weighted by Crippen LogP contribution is -2.30. The number of nitrogens with zero attached hydrogens (tertiary/aromatic N) is 2. The maximum atomic E-state index is 12.6. The predicted octanol–water partition coefficient (Wildman–Crippen LogP) is 2.09. The Kier molecular flexibility index (Phi) is 11.1. The van der Waals surface area contributed by atoms with Crippen LogP contribution in [-0.2, 0) is 27.4 Å². The van der Waals surface area contributed by atoms with E-state index < -0.39 is 11.8 Å². The number of ether oxygens (including phenoxy) is 4. The minimum atomic E-state index is -0.465. The Morgan fingerprint density at radius 1 is 0.800 bits per heavy atom. The van der Waals surface area contributed by atoms with E-state index in [-0.39, 0.29) is 30.5 Å². The van der Waals surface area contributed by atoms with Gasteiger partial charge in [0.05, 0.1) is 62.7 Å². The maximum absolute atomic E-state index is 12.6. The summed E-state index contributed by atoms with van der Waals surface area (Å²) >= 11 is 0. The molecule has 3 heterocycles. The van der Waals surface area contributed by atoms with Gasteiger partial charge in [-0.25, -0.2) is 0 Å². The van der Waals surface area contributed by atoms with Gasteiger partial charge >= 0.3 is 0 Å². The lowest BCUT2D eigenvalue weighted by atomic mass is 10.1. The summed E-state index contributed by atoms with van der Waals surface area (Å²) < 4.78 is 24.1. The van der Waals surface area contributed by atoms with Gasteiger partial charge in [0.25, 0.3) is 22.9 Å². The van der Waals surface area contributed by atoms with Gasteiger partial charge in [0.2, 0.25) is 0 Å². The minimum absolute atomic E-state index is 0.0713. The van der Waals surface area contributed by atoms with Crippen LogP contribution in [0.2, 0.25) is 0 Å². The quantitative estimate of drug-likeness (QED) is 0.254. The summed E-state index contributed by atoms with van der Waals surface area (Å²) in [4.78, 5) is 59.8. The number of carbonyl (C=O) groups excluding carboxylic acids is 3. The Bertz CT molecular complexity index is 1820. The van der Waals surface area contributed by atoms with Crippen molar-refractivity contribution in [2.75, 3.05) is 40.5 Å². The van der Waals surface area contributed by atoms with Crippen molar-refractivity contribution in [1.82, 2.24) is 19.8 Å². The Balaban J connectivity index is 0.000000207. The monoisotopic (exact) mass is 620 g/mol. The highest BCUT2D eigenvalue weighted by molar-refractivity contribution is 6.07. The van der Waals surface area contributed by atoms with E-state index in [1.54, 1.807) is 55.0 Å². The molecule has 0 unspecified atom stereocenters. The number of hydrogen-bond donors (Lipinski definition) is 2. The lowest BCUT2D eigenvalue weighted by Gasteiger charge is -2.16. The molecule has 1 saturated heterocycles. The second-order valence-corrected chi connectivity index (χ2v) is 9.84. The SMILES string of the molecule is CCNC(=O)c1cc(=O)n(CC2OCCO2)c2cc(OC)ccc12.CCNC(=O)c1cc(=O)n(CC=O)c2cc(OC)ccc12. The van der Waals surface area contributed by atoms with Crippen LogP contribution in [-0.4, -0.2) is 74.0 Å². The Labute approximate surface area is 258 Å². The van der Waals surface area contributed by atoms with E-state index in [2.05, 4.69) is 10.6 Å². The van der Waals surface area contributed by atoms with Crippen LogP contribution in [0.25, 0.3) is 21.8 Å². The first-order chi connectivity index (χ1) is 21.8. The van der Waals surface area contributed by atoms with Crippen LogP contribution < -0.4 is 31.2 Å². The molecule has 4 aromatic rings. The first kappa shape index (κ1) is 32.9. The summed E-state index contributed by atoms with van der Waals surface area (Å²) in [7, 11) is 3.07. The van der Waals surface area contributed by atoms with E-state index in [0.29, 0.717) is 77.0 Å². The van der Waals surface area contributed by atoms with Gasteiger partial charge in [0.15, 0.2) is 6.29 Å². The second kappa shape index (κ2) is 15.1. The zero-order valence-corrected chi connectivity index (χ0v) is 25.6. The van der Waals surface area contributed by atoms with Crippen LogP contribution in [0.15, 0.2) is 58.1 Å². The fraction of sp³-hybridized carbons (Fsp3) is 0.344. The summed E-state index contributed by atoms with van der Waals surface area (Å²) in [5.74, 6) is 0.569. The Hall–Kier alpha value is -5.01. The minimum Gasteiger partial charge on any atom is -0.497 e. The Morgan fingerprint density at radius 3 is 1.71 bits per heavy atom. The number of carbonyl (C=O) groups is 3. The molecule has 1 fully saturated rings. The highest BCUT2D eigenvalue weighted by atomic mass is 16.7. The molecule has 0 spiro atoms. The van der Waals surface area contributed by atoms with Crippen molar-refractivity contribution in [3.63, 3.8) is 0 Å². The molecule has 0 aliphatic carbocycles. The largest absolute Gasteiger partial charge is 0.497 e. The van der Waals surface area contributed by atoms with Gasteiger partial charge < -0.3 is 43.5 Å². The van der Waals surface area contributed by atoms with Crippen molar-refractivity contribution in [2.24, 2.45) is 0 Å². The maximum Gasteiger partial charge on any atom is 0.252 e. The first-order valence-electron chi connectivity index (χ1n) is 14.4. The third-order valence-corrected chi connectivity index (χ3v) is 7.08. The molecule has 45 heavy (non-hydrogen) atoms. The van der Waals surface area contributed by atoms with Gasteiger partial charge in [-0.05, 0) is 38.1 Å². The number of rotatable bonds is 10. The van der Waals surface area contributed by atoms with E-state index >= 15 is 0 Å². The van der Waals surface area contributed by atoms with E-state index in [9.17, 15) is 24.0 Å². The van der Waals surface area contributed by atoms with Crippen molar-refractivity contribution >= 4 is 39.9 Å². The highest BCUT2D eigenvalue weighted by Gasteiger charge is 2.21. The molecule has 2 aromatic carbocycles. The number of hydrogen-bond acceptors (Lipinski definition) is 9. The van der Waals surface area contributed by atoms with Gasteiger partial charge in [-0.2, -0.15) is 0 Å². The summed E-state index contributed by atoms with van der Waals surface area (Å²) in [6.45, 7) is 5.80. The average molecular weight is 621 g/mol. The van der Waals surface area contributed by atoms with Gasteiger partial charge in [0, 0.05) is 48.1 Å². The summed E-state index contributed by atoms with van der Waals surface area (Å²) in [5, 5.41) is 6.69. The standard InChI is InChI=1S/C17H20N2O5.C15H16N2O4/c1-3-18-17(21)13-9-15(20)19(10-16-23-6-7-24-16)14-8-11(22-2)4-5-12(13)14;1-3-16-15(20)12-9-14(19)17(6-7-18)13-8-10(21-2)4-5-11(12)13/h4-5,8-9,16H,3,6-7,10H2,1-2H3,(H,18,21);4-5,7-9H,3,6H2,1-2H3,(H,16,20). The van der Waals surface area contributed by atoms with Crippen molar-refractivity contribution in [3.05, 3.63) is 80.4 Å². The molecule has 0 bridgehead atoms. The number of benzene rings is 2. The molecule has 0 radical (unpaired) electrons.